The maximum atomic E-state index is 12.1. The monoisotopic (exact) mass is 337 g/mol. The number of amides is 1. The van der Waals surface area contributed by atoms with Gasteiger partial charge in [-0.05, 0) is 37.3 Å². The molecule has 0 aromatic heterocycles. The van der Waals surface area contributed by atoms with Crippen LogP contribution in [0.15, 0.2) is 24.3 Å². The van der Waals surface area contributed by atoms with Crippen LogP contribution in [0.1, 0.15) is 49.7 Å². The number of alkyl halides is 1. The Morgan fingerprint density at radius 1 is 1.25 bits per heavy atom. The van der Waals surface area contributed by atoms with Gasteiger partial charge in [0.2, 0.25) is 5.91 Å². The number of rotatable bonds is 4. The Hall–Kier alpha value is -0.830. The van der Waals surface area contributed by atoms with Crippen molar-refractivity contribution in [1.29, 1.82) is 0 Å². The first-order valence-electron chi connectivity index (χ1n) is 7.65. The molecular weight excluding hydrogens is 314 g/mol. The maximum Gasteiger partial charge on any atom is 0.220 e. The molecule has 0 spiro atoms. The summed E-state index contributed by atoms with van der Waals surface area (Å²) >= 11 is 3.73. The molecule has 3 heteroatoms. The van der Waals surface area contributed by atoms with E-state index in [1.165, 1.54) is 36.8 Å². The second-order valence-electron chi connectivity index (χ2n) is 5.75. The molecule has 1 aromatic carbocycles. The van der Waals surface area contributed by atoms with Crippen LogP contribution in [0.25, 0.3) is 0 Å². The first-order chi connectivity index (χ1) is 9.66. The number of aryl methyl sites for hydroxylation is 2. The van der Waals surface area contributed by atoms with Crippen molar-refractivity contribution in [2.24, 2.45) is 0 Å². The van der Waals surface area contributed by atoms with E-state index in [1.54, 1.807) is 0 Å². The van der Waals surface area contributed by atoms with Crippen LogP contribution in [0.2, 0.25) is 0 Å². The Labute approximate surface area is 130 Å². The van der Waals surface area contributed by atoms with Crippen LogP contribution < -0.4 is 5.32 Å². The van der Waals surface area contributed by atoms with Crippen molar-refractivity contribution in [3.63, 3.8) is 0 Å². The van der Waals surface area contributed by atoms with E-state index in [9.17, 15) is 4.79 Å². The molecule has 2 unspecified atom stereocenters. The average Bonchev–Trinajstić information content (AvgIpc) is 2.63. The van der Waals surface area contributed by atoms with Crippen LogP contribution >= 0.6 is 15.9 Å². The minimum atomic E-state index is 0.185. The van der Waals surface area contributed by atoms with Crippen molar-refractivity contribution in [3.8, 4) is 0 Å². The predicted molar refractivity (Wildman–Crippen MR) is 87.2 cm³/mol. The van der Waals surface area contributed by atoms with Crippen LogP contribution in [0.3, 0.4) is 0 Å². The highest BCUT2D eigenvalue weighted by Crippen LogP contribution is 2.23. The van der Waals surface area contributed by atoms with Gasteiger partial charge in [-0.15, -0.1) is 0 Å². The number of halogens is 1. The Balaban J connectivity index is 1.81. The van der Waals surface area contributed by atoms with Gasteiger partial charge in [0.1, 0.15) is 0 Å². The van der Waals surface area contributed by atoms with Crippen molar-refractivity contribution in [1.82, 2.24) is 5.32 Å². The minimum Gasteiger partial charge on any atom is -0.352 e. The second kappa shape index (κ2) is 7.82. The van der Waals surface area contributed by atoms with E-state index in [4.69, 9.17) is 0 Å². The Bertz CT molecular complexity index is 446. The molecule has 1 fully saturated rings. The van der Waals surface area contributed by atoms with Gasteiger partial charge in [-0.1, -0.05) is 59.5 Å². The lowest BCUT2D eigenvalue weighted by Gasteiger charge is -2.21. The maximum absolute atomic E-state index is 12.1. The van der Waals surface area contributed by atoms with Crippen molar-refractivity contribution in [3.05, 3.63) is 35.4 Å². The summed E-state index contributed by atoms with van der Waals surface area (Å²) in [7, 11) is 0. The molecule has 0 saturated heterocycles. The van der Waals surface area contributed by atoms with Crippen molar-refractivity contribution in [2.45, 2.75) is 62.7 Å². The molecule has 0 radical (unpaired) electrons. The fraction of sp³-hybridized carbons (Fsp3) is 0.588. The predicted octanol–water partition coefficient (Wildman–Crippen LogP) is 4.14. The van der Waals surface area contributed by atoms with Crippen molar-refractivity contribution >= 4 is 21.8 Å². The third kappa shape index (κ3) is 4.62. The molecular formula is C17H24BrNO. The third-order valence-corrected chi connectivity index (χ3v) is 5.26. The molecule has 1 aromatic rings. The fourth-order valence-electron chi connectivity index (χ4n) is 2.84. The second-order valence-corrected chi connectivity index (χ2v) is 6.93. The third-order valence-electron chi connectivity index (χ3n) is 4.16. The van der Waals surface area contributed by atoms with Gasteiger partial charge < -0.3 is 5.32 Å². The van der Waals surface area contributed by atoms with E-state index in [2.05, 4.69) is 40.3 Å². The first-order valence-corrected chi connectivity index (χ1v) is 8.56. The van der Waals surface area contributed by atoms with E-state index in [-0.39, 0.29) is 5.91 Å². The zero-order valence-corrected chi connectivity index (χ0v) is 13.8. The van der Waals surface area contributed by atoms with Gasteiger partial charge in [-0.2, -0.15) is 0 Å². The summed E-state index contributed by atoms with van der Waals surface area (Å²) in [5.41, 5.74) is 2.55. The zero-order valence-electron chi connectivity index (χ0n) is 12.2. The zero-order chi connectivity index (χ0) is 14.4. The molecule has 1 amide bonds. The summed E-state index contributed by atoms with van der Waals surface area (Å²) in [6, 6.07) is 8.61. The molecule has 1 aliphatic rings. The van der Waals surface area contributed by atoms with Crippen LogP contribution in [-0.4, -0.2) is 16.8 Å². The molecule has 1 saturated carbocycles. The molecule has 0 heterocycles. The van der Waals surface area contributed by atoms with E-state index in [0.29, 0.717) is 17.3 Å². The Kier molecular flexibility index (Phi) is 6.08. The molecule has 110 valence electrons. The molecule has 2 rings (SSSR count). The molecule has 2 atom stereocenters. The highest BCUT2D eigenvalue weighted by atomic mass is 79.9. The van der Waals surface area contributed by atoms with Crippen molar-refractivity contribution < 1.29 is 4.79 Å². The highest BCUT2D eigenvalue weighted by molar-refractivity contribution is 9.09. The molecule has 2 nitrogen and oxygen atoms in total. The van der Waals surface area contributed by atoms with Gasteiger partial charge >= 0.3 is 0 Å². The molecule has 1 aliphatic carbocycles. The highest BCUT2D eigenvalue weighted by Gasteiger charge is 2.22. The Morgan fingerprint density at radius 2 is 2.00 bits per heavy atom. The molecule has 1 N–H and O–H groups in total. The van der Waals surface area contributed by atoms with Crippen molar-refractivity contribution in [2.75, 3.05) is 0 Å². The first kappa shape index (κ1) is 15.6. The van der Waals surface area contributed by atoms with Crippen LogP contribution in [0.4, 0.5) is 0 Å². The van der Waals surface area contributed by atoms with E-state index in [0.717, 1.165) is 12.8 Å². The number of carbonyl (C=O) groups excluding carboxylic acids is 1. The standard InChI is InChI=1S/C17H24BrNO/c1-13-7-5-6-8-14(13)11-12-17(20)19-16-10-4-2-3-9-15(16)18/h5-8,15-16H,2-4,9-12H2,1H3,(H,19,20). The summed E-state index contributed by atoms with van der Waals surface area (Å²) in [6.45, 7) is 2.10. The van der Waals surface area contributed by atoms with Gasteiger partial charge in [0.25, 0.3) is 0 Å². The van der Waals surface area contributed by atoms with E-state index < -0.39 is 0 Å². The summed E-state index contributed by atoms with van der Waals surface area (Å²) in [5, 5.41) is 3.21. The fourth-order valence-corrected chi connectivity index (χ4v) is 3.56. The molecule has 0 aliphatic heterocycles. The number of nitrogens with one attached hydrogen (secondary N) is 1. The van der Waals surface area contributed by atoms with E-state index in [1.807, 2.05) is 12.1 Å². The number of hydrogen-bond donors (Lipinski definition) is 1. The number of carbonyl (C=O) groups is 1. The summed E-state index contributed by atoms with van der Waals surface area (Å²) in [5.74, 6) is 0.185. The molecule has 20 heavy (non-hydrogen) atoms. The lowest BCUT2D eigenvalue weighted by Crippen LogP contribution is -2.40. The number of benzene rings is 1. The number of hydrogen-bond acceptors (Lipinski definition) is 1. The smallest absolute Gasteiger partial charge is 0.220 e. The molecule has 0 bridgehead atoms. The largest absolute Gasteiger partial charge is 0.352 e. The van der Waals surface area contributed by atoms with Gasteiger partial charge in [0.15, 0.2) is 0 Å². The topological polar surface area (TPSA) is 29.1 Å². The van der Waals surface area contributed by atoms with Gasteiger partial charge in [-0.25, -0.2) is 0 Å². The van der Waals surface area contributed by atoms with Gasteiger partial charge in [0, 0.05) is 17.3 Å². The van der Waals surface area contributed by atoms with Crippen LogP contribution in [0.5, 0.6) is 0 Å². The summed E-state index contributed by atoms with van der Waals surface area (Å²) in [4.78, 5) is 12.6. The Morgan fingerprint density at radius 3 is 2.80 bits per heavy atom. The van der Waals surface area contributed by atoms with Crippen LogP contribution in [0, 0.1) is 6.92 Å². The normalized spacial score (nSPS) is 23.1. The SMILES string of the molecule is Cc1ccccc1CCC(=O)NC1CCCCCC1Br. The summed E-state index contributed by atoms with van der Waals surface area (Å²) in [6.07, 6.45) is 7.47. The summed E-state index contributed by atoms with van der Waals surface area (Å²) < 4.78 is 0. The van der Waals surface area contributed by atoms with Gasteiger partial charge in [0.05, 0.1) is 0 Å². The lowest BCUT2D eigenvalue weighted by atomic mass is 10.0. The van der Waals surface area contributed by atoms with Gasteiger partial charge in [-0.3, -0.25) is 4.79 Å². The lowest BCUT2D eigenvalue weighted by molar-refractivity contribution is -0.121. The minimum absolute atomic E-state index is 0.185. The quantitative estimate of drug-likeness (QED) is 0.649. The van der Waals surface area contributed by atoms with E-state index >= 15 is 0 Å². The average molecular weight is 338 g/mol. The van der Waals surface area contributed by atoms with Crippen LogP contribution in [-0.2, 0) is 11.2 Å².